The lowest BCUT2D eigenvalue weighted by molar-refractivity contribution is 0.0982. The van der Waals surface area contributed by atoms with Crippen molar-refractivity contribution in [1.29, 1.82) is 0 Å². The van der Waals surface area contributed by atoms with Crippen molar-refractivity contribution in [2.24, 2.45) is 4.99 Å². The molecule has 2 aliphatic rings. The topological polar surface area (TPSA) is 79.5 Å². The smallest absolute Gasteiger partial charge is 0.345 e. The molecule has 0 atom stereocenters. The molecule has 0 unspecified atom stereocenters. The van der Waals surface area contributed by atoms with Crippen LogP contribution < -0.4 is 16.3 Å². The van der Waals surface area contributed by atoms with E-state index in [0.717, 1.165) is 57.1 Å². The van der Waals surface area contributed by atoms with Gasteiger partial charge in [-0.25, -0.2) is 9.48 Å². The minimum atomic E-state index is 0. The van der Waals surface area contributed by atoms with Gasteiger partial charge in [0, 0.05) is 45.2 Å². The van der Waals surface area contributed by atoms with E-state index in [0.29, 0.717) is 6.54 Å². The van der Waals surface area contributed by atoms with Gasteiger partial charge in [-0.2, -0.15) is 5.10 Å². The average molecular weight is 519 g/mol. The van der Waals surface area contributed by atoms with E-state index in [9.17, 15) is 4.79 Å². The van der Waals surface area contributed by atoms with Crippen LogP contribution in [0, 0.1) is 0 Å². The normalized spacial score (nSPS) is 18.1. The van der Waals surface area contributed by atoms with Gasteiger partial charge in [-0.05, 0) is 59.0 Å². The maximum atomic E-state index is 12.4. The molecule has 1 aromatic heterocycles. The molecule has 2 aliphatic heterocycles. The van der Waals surface area contributed by atoms with E-state index < -0.39 is 0 Å². The van der Waals surface area contributed by atoms with E-state index in [1.165, 1.54) is 32.4 Å². The molecule has 1 aromatic rings. The molecule has 0 amide bonds. The number of guanidine groups is 1. The fourth-order valence-corrected chi connectivity index (χ4v) is 4.16. The highest BCUT2D eigenvalue weighted by atomic mass is 127. The quantitative estimate of drug-likeness (QED) is 0.249. The first-order chi connectivity index (χ1) is 13.5. The standard InChI is InChI=1S/C20H37N7O.HI/c1-20(2,25-12-6-4-7-13-25)16-23-18(21-3)22-11-9-15-27-19(28)26-14-8-5-10-17(26)24-27;/h4-16H2,1-3H3,(H2,21,22,23);1H. The van der Waals surface area contributed by atoms with Gasteiger partial charge in [-0.15, -0.1) is 24.0 Å². The van der Waals surface area contributed by atoms with Crippen LogP contribution in [0.4, 0.5) is 0 Å². The third kappa shape index (κ3) is 6.44. The second-order valence-corrected chi connectivity index (χ2v) is 8.60. The number of likely N-dealkylation sites (tertiary alicyclic amines) is 1. The second kappa shape index (κ2) is 11.3. The van der Waals surface area contributed by atoms with Gasteiger partial charge in [0.15, 0.2) is 5.96 Å². The Hall–Kier alpha value is -1.10. The van der Waals surface area contributed by atoms with Gasteiger partial charge in [-0.1, -0.05) is 6.42 Å². The molecular weight excluding hydrogens is 481 g/mol. The lowest BCUT2D eigenvalue weighted by atomic mass is 9.98. The third-order valence-corrected chi connectivity index (χ3v) is 5.99. The van der Waals surface area contributed by atoms with Crippen LogP contribution in [0.3, 0.4) is 0 Å². The first-order valence-electron chi connectivity index (χ1n) is 10.9. The van der Waals surface area contributed by atoms with Gasteiger partial charge in [0.1, 0.15) is 5.82 Å². The molecule has 2 N–H and O–H groups in total. The largest absolute Gasteiger partial charge is 0.356 e. The van der Waals surface area contributed by atoms with Crippen molar-refractivity contribution in [3.63, 3.8) is 0 Å². The summed E-state index contributed by atoms with van der Waals surface area (Å²) in [5.41, 5.74) is 0.154. The first kappa shape index (κ1) is 24.2. The first-order valence-corrected chi connectivity index (χ1v) is 10.9. The summed E-state index contributed by atoms with van der Waals surface area (Å²) >= 11 is 0. The van der Waals surface area contributed by atoms with Gasteiger partial charge < -0.3 is 10.6 Å². The van der Waals surface area contributed by atoms with Gasteiger partial charge >= 0.3 is 5.69 Å². The summed E-state index contributed by atoms with van der Waals surface area (Å²) in [6, 6.07) is 0. The van der Waals surface area contributed by atoms with E-state index in [1.807, 2.05) is 4.57 Å². The predicted molar refractivity (Wildman–Crippen MR) is 128 cm³/mol. The highest BCUT2D eigenvalue weighted by Gasteiger charge is 2.27. The number of aromatic nitrogens is 3. The minimum Gasteiger partial charge on any atom is -0.356 e. The van der Waals surface area contributed by atoms with E-state index in [2.05, 4.69) is 39.5 Å². The molecule has 0 bridgehead atoms. The fourth-order valence-electron chi connectivity index (χ4n) is 4.16. The Labute approximate surface area is 191 Å². The summed E-state index contributed by atoms with van der Waals surface area (Å²) in [7, 11) is 1.80. The predicted octanol–water partition coefficient (Wildman–Crippen LogP) is 1.82. The van der Waals surface area contributed by atoms with Gasteiger partial charge in [-0.3, -0.25) is 14.5 Å². The SMILES string of the molecule is CN=C(NCCCn1nc2n(c1=O)CCCC2)NCC(C)(C)N1CCCCC1.I. The number of hydrogen-bond acceptors (Lipinski definition) is 4. The number of piperidine rings is 1. The molecule has 0 saturated carbocycles. The average Bonchev–Trinajstić information content (AvgIpc) is 3.04. The Morgan fingerprint density at radius 2 is 1.83 bits per heavy atom. The van der Waals surface area contributed by atoms with Crippen LogP contribution >= 0.6 is 24.0 Å². The number of aryl methyl sites for hydroxylation is 2. The molecule has 0 aromatic carbocycles. The highest BCUT2D eigenvalue weighted by Crippen LogP contribution is 2.19. The molecule has 9 heteroatoms. The Morgan fingerprint density at radius 1 is 1.10 bits per heavy atom. The summed E-state index contributed by atoms with van der Waals surface area (Å²) < 4.78 is 3.46. The second-order valence-electron chi connectivity index (χ2n) is 8.60. The Morgan fingerprint density at radius 3 is 2.52 bits per heavy atom. The van der Waals surface area contributed by atoms with Crippen molar-refractivity contribution in [2.45, 2.75) is 77.4 Å². The number of halogens is 1. The van der Waals surface area contributed by atoms with Crippen LogP contribution in [-0.4, -0.2) is 64.0 Å². The number of nitrogens with zero attached hydrogens (tertiary/aromatic N) is 5. The van der Waals surface area contributed by atoms with Crippen LogP contribution in [-0.2, 0) is 19.5 Å². The monoisotopic (exact) mass is 519 g/mol. The van der Waals surface area contributed by atoms with Crippen molar-refractivity contribution in [3.8, 4) is 0 Å². The zero-order valence-corrected chi connectivity index (χ0v) is 20.6. The molecule has 0 spiro atoms. The van der Waals surface area contributed by atoms with Crippen LogP contribution in [0.15, 0.2) is 9.79 Å². The van der Waals surface area contributed by atoms with Crippen molar-refractivity contribution in [1.82, 2.24) is 29.9 Å². The number of rotatable bonds is 7. The lowest BCUT2D eigenvalue weighted by Gasteiger charge is -2.41. The lowest BCUT2D eigenvalue weighted by Crippen LogP contribution is -2.54. The Balaban J connectivity index is 0.00000300. The van der Waals surface area contributed by atoms with Gasteiger partial charge in [0.05, 0.1) is 0 Å². The van der Waals surface area contributed by atoms with Crippen LogP contribution in [0.25, 0.3) is 0 Å². The molecular formula is C20H38IN7O. The minimum absolute atomic E-state index is 0. The number of nitrogens with one attached hydrogen (secondary N) is 2. The van der Waals surface area contributed by atoms with E-state index in [-0.39, 0.29) is 35.2 Å². The molecule has 3 heterocycles. The number of aliphatic imine (C=N–C) groups is 1. The Bertz CT molecular complexity index is 719. The van der Waals surface area contributed by atoms with Crippen molar-refractivity contribution in [3.05, 3.63) is 16.3 Å². The van der Waals surface area contributed by atoms with Gasteiger partial charge in [0.25, 0.3) is 0 Å². The molecule has 1 saturated heterocycles. The summed E-state index contributed by atoms with van der Waals surface area (Å²) in [6.45, 7) is 10.0. The van der Waals surface area contributed by atoms with Crippen LogP contribution in [0.2, 0.25) is 0 Å². The molecule has 166 valence electrons. The maximum Gasteiger partial charge on any atom is 0.345 e. The molecule has 8 nitrogen and oxygen atoms in total. The molecule has 0 aliphatic carbocycles. The fraction of sp³-hybridized carbons (Fsp3) is 0.850. The zero-order chi connectivity index (χ0) is 20.0. The highest BCUT2D eigenvalue weighted by molar-refractivity contribution is 14.0. The maximum absolute atomic E-state index is 12.4. The van der Waals surface area contributed by atoms with Crippen molar-refractivity contribution >= 4 is 29.9 Å². The summed E-state index contributed by atoms with van der Waals surface area (Å²) in [5, 5.41) is 11.3. The van der Waals surface area contributed by atoms with Crippen LogP contribution in [0.1, 0.15) is 58.2 Å². The number of fused-ring (bicyclic) bond motifs is 1. The summed E-state index contributed by atoms with van der Waals surface area (Å²) in [5.74, 6) is 1.77. The zero-order valence-electron chi connectivity index (χ0n) is 18.2. The molecule has 29 heavy (non-hydrogen) atoms. The van der Waals surface area contributed by atoms with Gasteiger partial charge in [0.2, 0.25) is 0 Å². The third-order valence-electron chi connectivity index (χ3n) is 5.99. The van der Waals surface area contributed by atoms with E-state index in [4.69, 9.17) is 0 Å². The molecule has 1 fully saturated rings. The molecule has 3 rings (SSSR count). The van der Waals surface area contributed by atoms with E-state index in [1.54, 1.807) is 11.7 Å². The Kier molecular flexibility index (Phi) is 9.45. The van der Waals surface area contributed by atoms with Crippen molar-refractivity contribution < 1.29 is 0 Å². The summed E-state index contributed by atoms with van der Waals surface area (Å²) in [6.07, 6.45) is 7.92. The van der Waals surface area contributed by atoms with Crippen LogP contribution in [0.5, 0.6) is 0 Å². The molecule has 0 radical (unpaired) electrons. The van der Waals surface area contributed by atoms with Crippen molar-refractivity contribution in [2.75, 3.05) is 33.2 Å². The van der Waals surface area contributed by atoms with E-state index >= 15 is 0 Å². The summed E-state index contributed by atoms with van der Waals surface area (Å²) in [4.78, 5) is 19.3. The number of hydrogen-bond donors (Lipinski definition) is 2.